The van der Waals surface area contributed by atoms with Gasteiger partial charge in [-0.15, -0.1) is 0 Å². The van der Waals surface area contributed by atoms with Crippen molar-refractivity contribution in [2.45, 2.75) is 6.17 Å². The maximum Gasteiger partial charge on any atom is 0.338 e. The number of benzene rings is 3. The molecule has 1 amide bonds. The Balaban J connectivity index is 1.90. The van der Waals surface area contributed by atoms with E-state index in [9.17, 15) is 9.59 Å². The zero-order valence-electron chi connectivity index (χ0n) is 14.8. The fraction of sp³-hybridized carbons (Fsp3) is 0.0909. The van der Waals surface area contributed by atoms with Crippen LogP contribution in [0.25, 0.3) is 0 Å². The smallest absolute Gasteiger partial charge is 0.338 e. The van der Waals surface area contributed by atoms with Gasteiger partial charge in [0, 0.05) is 16.9 Å². The Morgan fingerprint density at radius 1 is 0.926 bits per heavy atom. The lowest BCUT2D eigenvalue weighted by molar-refractivity contribution is 0.0598. The Bertz CT molecular complexity index is 1000. The van der Waals surface area contributed by atoms with Crippen LogP contribution in [0.5, 0.6) is 0 Å². The second-order valence-electron chi connectivity index (χ2n) is 6.18. The molecule has 0 spiro atoms. The summed E-state index contributed by atoms with van der Waals surface area (Å²) in [6.07, 6.45) is -0.537. The Morgan fingerprint density at radius 3 is 2.37 bits per heavy atom. The number of ether oxygens (including phenoxy) is 1. The number of anilines is 2. The van der Waals surface area contributed by atoms with Gasteiger partial charge < -0.3 is 10.1 Å². The number of amides is 1. The molecule has 0 bridgehead atoms. The van der Waals surface area contributed by atoms with E-state index in [0.29, 0.717) is 16.7 Å². The maximum absolute atomic E-state index is 13.3. The van der Waals surface area contributed by atoms with E-state index in [1.165, 1.54) is 7.11 Å². The third kappa shape index (κ3) is 2.93. The summed E-state index contributed by atoms with van der Waals surface area (Å²) < 4.78 is 4.93. The zero-order valence-corrected chi connectivity index (χ0v) is 14.8. The van der Waals surface area contributed by atoms with Crippen molar-refractivity contribution in [1.82, 2.24) is 0 Å². The van der Waals surface area contributed by atoms with Crippen LogP contribution >= 0.6 is 0 Å². The Kier molecular flexibility index (Phi) is 4.34. The molecule has 1 heterocycles. The molecular formula is C22H18N2O3. The third-order valence-electron chi connectivity index (χ3n) is 4.62. The van der Waals surface area contributed by atoms with Gasteiger partial charge in [-0.2, -0.15) is 0 Å². The van der Waals surface area contributed by atoms with Crippen molar-refractivity contribution in [3.05, 3.63) is 95.6 Å². The first-order valence-electron chi connectivity index (χ1n) is 8.62. The number of methoxy groups -OCH3 is 1. The Hall–Kier alpha value is -3.60. The zero-order chi connectivity index (χ0) is 18.8. The van der Waals surface area contributed by atoms with Crippen molar-refractivity contribution < 1.29 is 14.3 Å². The molecule has 4 rings (SSSR count). The Labute approximate surface area is 157 Å². The fourth-order valence-electron chi connectivity index (χ4n) is 3.36. The molecule has 134 valence electrons. The number of rotatable bonds is 3. The molecule has 3 aromatic rings. The predicted molar refractivity (Wildman–Crippen MR) is 104 cm³/mol. The van der Waals surface area contributed by atoms with Crippen LogP contribution in [-0.4, -0.2) is 19.0 Å². The van der Waals surface area contributed by atoms with Gasteiger partial charge in [-0.1, -0.05) is 48.5 Å². The molecule has 5 nitrogen and oxygen atoms in total. The number of para-hydroxylation sites is 2. The van der Waals surface area contributed by atoms with Crippen molar-refractivity contribution in [3.8, 4) is 0 Å². The minimum absolute atomic E-state index is 0.125. The maximum atomic E-state index is 13.3. The van der Waals surface area contributed by atoms with Crippen molar-refractivity contribution in [2.24, 2.45) is 0 Å². The fourth-order valence-corrected chi connectivity index (χ4v) is 3.36. The SMILES string of the molecule is COC(=O)c1ccccc1[C@@H]1Nc2ccccc2C(=O)N1c1ccccc1. The van der Waals surface area contributed by atoms with Crippen molar-refractivity contribution in [1.29, 1.82) is 0 Å². The molecule has 1 aliphatic rings. The summed E-state index contributed by atoms with van der Waals surface area (Å²) in [7, 11) is 1.35. The van der Waals surface area contributed by atoms with Crippen LogP contribution < -0.4 is 10.2 Å². The van der Waals surface area contributed by atoms with E-state index in [1.54, 1.807) is 23.1 Å². The van der Waals surface area contributed by atoms with Crippen LogP contribution in [0, 0.1) is 0 Å². The number of fused-ring (bicyclic) bond motifs is 1. The van der Waals surface area contributed by atoms with Crippen LogP contribution in [0.2, 0.25) is 0 Å². The minimum atomic E-state index is -0.537. The highest BCUT2D eigenvalue weighted by atomic mass is 16.5. The standard InChI is InChI=1S/C22H18N2O3/c1-27-22(26)17-12-6-5-11-16(17)20-23-19-14-8-7-13-18(19)21(25)24(20)15-9-3-2-4-10-15/h2-14,20,23H,1H3/t20-/m1/s1. The van der Waals surface area contributed by atoms with E-state index in [1.807, 2.05) is 60.7 Å². The number of hydrogen-bond acceptors (Lipinski definition) is 4. The number of carbonyl (C=O) groups excluding carboxylic acids is 2. The second kappa shape index (κ2) is 6.96. The third-order valence-corrected chi connectivity index (χ3v) is 4.62. The minimum Gasteiger partial charge on any atom is -0.465 e. The van der Waals surface area contributed by atoms with Crippen molar-refractivity contribution >= 4 is 23.3 Å². The molecule has 0 radical (unpaired) electrons. The molecule has 0 saturated carbocycles. The average molecular weight is 358 g/mol. The van der Waals surface area contributed by atoms with Crippen LogP contribution in [0.15, 0.2) is 78.9 Å². The molecule has 0 aromatic heterocycles. The van der Waals surface area contributed by atoms with E-state index in [0.717, 1.165) is 11.4 Å². The van der Waals surface area contributed by atoms with E-state index >= 15 is 0 Å². The van der Waals surface area contributed by atoms with Gasteiger partial charge in [0.1, 0.15) is 6.17 Å². The van der Waals surface area contributed by atoms with E-state index < -0.39 is 12.1 Å². The largest absolute Gasteiger partial charge is 0.465 e. The number of hydrogen-bond donors (Lipinski definition) is 1. The molecule has 5 heteroatoms. The molecule has 0 saturated heterocycles. The lowest BCUT2D eigenvalue weighted by Gasteiger charge is -2.38. The highest BCUT2D eigenvalue weighted by Crippen LogP contribution is 2.37. The van der Waals surface area contributed by atoms with Crippen molar-refractivity contribution in [3.63, 3.8) is 0 Å². The van der Waals surface area contributed by atoms with Gasteiger partial charge in [-0.3, -0.25) is 9.69 Å². The number of nitrogens with one attached hydrogen (secondary N) is 1. The first-order chi connectivity index (χ1) is 13.2. The summed E-state index contributed by atoms with van der Waals surface area (Å²) in [5.41, 5.74) is 3.17. The average Bonchev–Trinajstić information content (AvgIpc) is 2.73. The second-order valence-corrected chi connectivity index (χ2v) is 6.18. The summed E-state index contributed by atoms with van der Waals surface area (Å²) in [5, 5.41) is 3.41. The molecule has 1 N–H and O–H groups in total. The summed E-state index contributed by atoms with van der Waals surface area (Å²) >= 11 is 0. The highest BCUT2D eigenvalue weighted by Gasteiger charge is 2.35. The van der Waals surface area contributed by atoms with E-state index in [4.69, 9.17) is 4.74 Å². The highest BCUT2D eigenvalue weighted by molar-refractivity contribution is 6.12. The molecule has 0 unspecified atom stereocenters. The van der Waals surface area contributed by atoms with Gasteiger partial charge in [0.05, 0.1) is 18.2 Å². The van der Waals surface area contributed by atoms with Gasteiger partial charge >= 0.3 is 5.97 Å². The molecule has 0 aliphatic carbocycles. The first-order valence-corrected chi connectivity index (χ1v) is 8.62. The molecule has 27 heavy (non-hydrogen) atoms. The monoisotopic (exact) mass is 358 g/mol. The number of esters is 1. The summed E-state index contributed by atoms with van der Waals surface area (Å²) in [6, 6.07) is 24.0. The summed E-state index contributed by atoms with van der Waals surface area (Å²) in [6.45, 7) is 0. The van der Waals surface area contributed by atoms with Crippen LogP contribution in [0.1, 0.15) is 32.4 Å². The topological polar surface area (TPSA) is 58.6 Å². The molecular weight excluding hydrogens is 340 g/mol. The van der Waals surface area contributed by atoms with Gasteiger partial charge in [0.15, 0.2) is 0 Å². The predicted octanol–water partition coefficient (Wildman–Crippen LogP) is 4.24. The van der Waals surface area contributed by atoms with Crippen LogP contribution in [-0.2, 0) is 4.74 Å². The van der Waals surface area contributed by atoms with Crippen LogP contribution in [0.3, 0.4) is 0 Å². The van der Waals surface area contributed by atoms with Gasteiger partial charge in [0.2, 0.25) is 0 Å². The van der Waals surface area contributed by atoms with E-state index in [-0.39, 0.29) is 5.91 Å². The summed E-state index contributed by atoms with van der Waals surface area (Å²) in [5.74, 6) is -0.563. The van der Waals surface area contributed by atoms with Gasteiger partial charge in [-0.25, -0.2) is 4.79 Å². The quantitative estimate of drug-likeness (QED) is 0.712. The number of nitrogens with zero attached hydrogens (tertiary/aromatic N) is 1. The molecule has 3 aromatic carbocycles. The van der Waals surface area contributed by atoms with Gasteiger partial charge in [-0.05, 0) is 30.3 Å². The first kappa shape index (κ1) is 16.8. The molecule has 1 aliphatic heterocycles. The van der Waals surface area contributed by atoms with Crippen molar-refractivity contribution in [2.75, 3.05) is 17.3 Å². The summed E-state index contributed by atoms with van der Waals surface area (Å²) in [4.78, 5) is 27.3. The Morgan fingerprint density at radius 2 is 1.59 bits per heavy atom. The lowest BCUT2D eigenvalue weighted by Crippen LogP contribution is -2.43. The van der Waals surface area contributed by atoms with E-state index in [2.05, 4.69) is 5.32 Å². The lowest BCUT2D eigenvalue weighted by atomic mass is 9.99. The molecule has 0 fully saturated rings. The van der Waals surface area contributed by atoms with Gasteiger partial charge in [0.25, 0.3) is 5.91 Å². The normalized spacial score (nSPS) is 15.7. The number of carbonyl (C=O) groups is 2. The molecule has 1 atom stereocenters. The van der Waals surface area contributed by atoms with Crippen LogP contribution in [0.4, 0.5) is 11.4 Å².